The standard InChI is InChI=1S/C56H95NO5/c1-4-7-10-13-16-19-22-25-26-27-28-31-32-35-38-41-44-47-52(62-56(61)49-46-43-40-37-34-30-24-21-18-15-12-9-6-3)50-55(60)57-53(51-58)54(59)48-45-42-39-36-33-29-23-20-17-14-11-8-5-2/h9,12,15-16,18-19,21,24-26,28,30-31,34-35,38,52-54,58-59H,4-8,10-11,13-14,17,20,22-23,27,29,32-33,36-37,39-51H2,1-3H3,(H,57,60)/b12-9+,18-15+,19-16-,24-21-,26-25-,31-28-,34-30-,38-35-. The van der Waals surface area contributed by atoms with Crippen molar-refractivity contribution in [3.63, 3.8) is 0 Å². The third-order valence-electron chi connectivity index (χ3n) is 11.0. The van der Waals surface area contributed by atoms with Gasteiger partial charge in [0.2, 0.25) is 5.91 Å². The number of hydrogen-bond acceptors (Lipinski definition) is 5. The molecule has 0 aliphatic heterocycles. The van der Waals surface area contributed by atoms with Crippen LogP contribution in [0, 0.1) is 0 Å². The molecule has 0 spiro atoms. The van der Waals surface area contributed by atoms with Gasteiger partial charge >= 0.3 is 5.97 Å². The highest BCUT2D eigenvalue weighted by atomic mass is 16.5. The number of unbranched alkanes of at least 4 members (excludes halogenated alkanes) is 19. The van der Waals surface area contributed by atoms with Crippen LogP contribution in [0.15, 0.2) is 97.2 Å². The topological polar surface area (TPSA) is 95.9 Å². The molecule has 0 radical (unpaired) electrons. The Bertz CT molecular complexity index is 1240. The summed E-state index contributed by atoms with van der Waals surface area (Å²) in [4.78, 5) is 26.1. The third kappa shape index (κ3) is 43.4. The molecule has 0 rings (SSSR count). The first kappa shape index (κ1) is 58.8. The minimum Gasteiger partial charge on any atom is -0.462 e. The molecular weight excluding hydrogens is 767 g/mol. The molecule has 0 saturated heterocycles. The van der Waals surface area contributed by atoms with Crippen molar-refractivity contribution < 1.29 is 24.5 Å². The molecule has 6 heteroatoms. The summed E-state index contributed by atoms with van der Waals surface area (Å²) >= 11 is 0. The summed E-state index contributed by atoms with van der Waals surface area (Å²) in [5, 5.41) is 23.7. The number of rotatable bonds is 44. The largest absolute Gasteiger partial charge is 0.462 e. The number of esters is 1. The molecular formula is C56H95NO5. The van der Waals surface area contributed by atoms with Crippen LogP contribution in [-0.4, -0.2) is 46.9 Å². The van der Waals surface area contributed by atoms with Crippen LogP contribution < -0.4 is 5.32 Å². The van der Waals surface area contributed by atoms with Crippen molar-refractivity contribution in [3.8, 4) is 0 Å². The van der Waals surface area contributed by atoms with E-state index in [1.165, 1.54) is 89.9 Å². The highest BCUT2D eigenvalue weighted by Crippen LogP contribution is 2.16. The van der Waals surface area contributed by atoms with Crippen molar-refractivity contribution in [2.24, 2.45) is 0 Å². The Labute approximate surface area is 382 Å². The van der Waals surface area contributed by atoms with Crippen molar-refractivity contribution in [1.29, 1.82) is 0 Å². The summed E-state index contributed by atoms with van der Waals surface area (Å²) in [7, 11) is 0. The van der Waals surface area contributed by atoms with E-state index >= 15 is 0 Å². The fourth-order valence-corrected chi connectivity index (χ4v) is 7.13. The Morgan fingerprint density at radius 1 is 0.500 bits per heavy atom. The lowest BCUT2D eigenvalue weighted by molar-refractivity contribution is -0.151. The summed E-state index contributed by atoms with van der Waals surface area (Å²) in [6.45, 7) is 6.28. The Hall–Kier alpha value is -3.22. The van der Waals surface area contributed by atoms with Crippen molar-refractivity contribution in [2.75, 3.05) is 6.61 Å². The van der Waals surface area contributed by atoms with Crippen LogP contribution in [0.1, 0.15) is 220 Å². The van der Waals surface area contributed by atoms with E-state index in [1.54, 1.807) is 0 Å². The third-order valence-corrected chi connectivity index (χ3v) is 11.0. The van der Waals surface area contributed by atoms with Crippen LogP contribution in [0.5, 0.6) is 0 Å². The van der Waals surface area contributed by atoms with E-state index in [1.807, 2.05) is 30.4 Å². The van der Waals surface area contributed by atoms with Crippen molar-refractivity contribution in [3.05, 3.63) is 97.2 Å². The van der Waals surface area contributed by atoms with Crippen LogP contribution in [0.3, 0.4) is 0 Å². The van der Waals surface area contributed by atoms with Gasteiger partial charge in [0.25, 0.3) is 0 Å². The van der Waals surface area contributed by atoms with Gasteiger partial charge in [-0.3, -0.25) is 9.59 Å². The monoisotopic (exact) mass is 862 g/mol. The number of amides is 1. The lowest BCUT2D eigenvalue weighted by Gasteiger charge is -2.24. The van der Waals surface area contributed by atoms with Gasteiger partial charge in [0, 0.05) is 6.42 Å². The van der Waals surface area contributed by atoms with E-state index in [0.29, 0.717) is 19.3 Å². The van der Waals surface area contributed by atoms with Gasteiger partial charge in [0.15, 0.2) is 0 Å². The first-order valence-electron chi connectivity index (χ1n) is 25.5. The molecule has 6 nitrogen and oxygen atoms in total. The normalized spacial score (nSPS) is 14.1. The minimum absolute atomic E-state index is 0.0186. The second-order valence-electron chi connectivity index (χ2n) is 16.9. The Balaban J connectivity index is 4.77. The molecule has 0 aromatic heterocycles. The van der Waals surface area contributed by atoms with Gasteiger partial charge in [-0.25, -0.2) is 0 Å². The number of aliphatic hydroxyl groups excluding tert-OH is 2. The fraction of sp³-hybridized carbons (Fsp3) is 0.679. The van der Waals surface area contributed by atoms with Gasteiger partial charge in [-0.2, -0.15) is 0 Å². The van der Waals surface area contributed by atoms with E-state index in [4.69, 9.17) is 4.74 Å². The first-order valence-corrected chi connectivity index (χ1v) is 25.5. The molecule has 0 heterocycles. The number of carbonyl (C=O) groups is 2. The van der Waals surface area contributed by atoms with E-state index in [2.05, 4.69) is 92.9 Å². The summed E-state index contributed by atoms with van der Waals surface area (Å²) < 4.78 is 5.88. The first-order chi connectivity index (χ1) is 30.5. The predicted molar refractivity (Wildman–Crippen MR) is 268 cm³/mol. The van der Waals surface area contributed by atoms with Gasteiger partial charge in [-0.1, -0.05) is 221 Å². The highest BCUT2D eigenvalue weighted by molar-refractivity contribution is 5.77. The van der Waals surface area contributed by atoms with Crippen molar-refractivity contribution >= 4 is 11.9 Å². The van der Waals surface area contributed by atoms with Crippen molar-refractivity contribution in [1.82, 2.24) is 5.32 Å². The van der Waals surface area contributed by atoms with Gasteiger partial charge < -0.3 is 20.3 Å². The number of hydrogen-bond donors (Lipinski definition) is 3. The van der Waals surface area contributed by atoms with E-state index in [0.717, 1.165) is 83.5 Å². The Kier molecular flexibility index (Phi) is 46.3. The average molecular weight is 862 g/mol. The zero-order valence-corrected chi connectivity index (χ0v) is 40.2. The van der Waals surface area contributed by atoms with Gasteiger partial charge in [-0.15, -0.1) is 0 Å². The fourth-order valence-electron chi connectivity index (χ4n) is 7.13. The molecule has 0 aliphatic carbocycles. The quantitative estimate of drug-likeness (QED) is 0.0245. The van der Waals surface area contributed by atoms with Crippen LogP contribution in [0.25, 0.3) is 0 Å². The van der Waals surface area contributed by atoms with Crippen LogP contribution in [0.4, 0.5) is 0 Å². The van der Waals surface area contributed by atoms with Crippen LogP contribution in [0.2, 0.25) is 0 Å². The summed E-state index contributed by atoms with van der Waals surface area (Å²) in [6, 6.07) is -0.733. The number of nitrogens with one attached hydrogen (secondary N) is 1. The predicted octanol–water partition coefficient (Wildman–Crippen LogP) is 15.3. The van der Waals surface area contributed by atoms with Crippen LogP contribution >= 0.6 is 0 Å². The number of allylic oxidation sites excluding steroid dienone is 16. The molecule has 1 amide bonds. The molecule has 3 atom stereocenters. The number of ether oxygens (including phenoxy) is 1. The SMILES string of the molecule is CC/C=C/C=C/C=C\C=C/CCCCCC(=O)OC(CCC/C=C\C/C=C\C/C=C\C/C=C\CCCCC)CC(=O)NC(CO)C(O)CCCCCCCCCCCCCCC. The lowest BCUT2D eigenvalue weighted by atomic mass is 10.0. The van der Waals surface area contributed by atoms with Gasteiger partial charge in [0.1, 0.15) is 6.10 Å². The second-order valence-corrected chi connectivity index (χ2v) is 16.9. The number of aliphatic hydroxyl groups is 2. The smallest absolute Gasteiger partial charge is 0.306 e. The van der Waals surface area contributed by atoms with Crippen LogP contribution in [-0.2, 0) is 14.3 Å². The molecule has 62 heavy (non-hydrogen) atoms. The van der Waals surface area contributed by atoms with E-state index in [9.17, 15) is 19.8 Å². The van der Waals surface area contributed by atoms with E-state index < -0.39 is 18.2 Å². The maximum absolute atomic E-state index is 13.2. The molecule has 3 N–H and O–H groups in total. The Morgan fingerprint density at radius 3 is 1.52 bits per heavy atom. The molecule has 354 valence electrons. The summed E-state index contributed by atoms with van der Waals surface area (Å²) in [5.41, 5.74) is 0. The molecule has 3 unspecified atom stereocenters. The van der Waals surface area contributed by atoms with Gasteiger partial charge in [0.05, 0.1) is 25.2 Å². The molecule has 0 aromatic carbocycles. The molecule has 0 aromatic rings. The second kappa shape index (κ2) is 48.8. The summed E-state index contributed by atoms with van der Waals surface area (Å²) in [6.07, 6.45) is 64.6. The van der Waals surface area contributed by atoms with Crippen molar-refractivity contribution in [2.45, 2.75) is 238 Å². The minimum atomic E-state index is -0.814. The lowest BCUT2D eigenvalue weighted by Crippen LogP contribution is -2.46. The summed E-state index contributed by atoms with van der Waals surface area (Å²) in [5.74, 6) is -0.582. The average Bonchev–Trinajstić information content (AvgIpc) is 3.26. The van der Waals surface area contributed by atoms with E-state index in [-0.39, 0.29) is 24.9 Å². The van der Waals surface area contributed by atoms with Gasteiger partial charge in [-0.05, 0) is 83.5 Å². The maximum Gasteiger partial charge on any atom is 0.306 e. The molecule has 0 aliphatic rings. The highest BCUT2D eigenvalue weighted by Gasteiger charge is 2.24. The zero-order valence-electron chi connectivity index (χ0n) is 40.2. The molecule has 0 bridgehead atoms. The maximum atomic E-state index is 13.2. The molecule has 0 fully saturated rings. The number of carbonyl (C=O) groups excluding carboxylic acids is 2. The Morgan fingerprint density at radius 2 is 0.952 bits per heavy atom. The molecule has 0 saturated carbocycles. The zero-order chi connectivity index (χ0) is 45.2.